The molecule has 3 rings (SSSR count). The third-order valence-electron chi connectivity index (χ3n) is 10.2. The van der Waals surface area contributed by atoms with Gasteiger partial charge in [0, 0.05) is 48.6 Å². The van der Waals surface area contributed by atoms with Crippen molar-refractivity contribution < 1.29 is 73.1 Å². The molecule has 0 radical (unpaired) electrons. The first-order chi connectivity index (χ1) is 33.1. The molecule has 4 amide bonds. The lowest BCUT2D eigenvalue weighted by Gasteiger charge is -2.37. The van der Waals surface area contributed by atoms with Crippen LogP contribution in [-0.2, 0) is 43.2 Å². The first-order valence-electron chi connectivity index (χ1n) is 22.5. The van der Waals surface area contributed by atoms with E-state index in [1.165, 1.54) is 24.8 Å². The van der Waals surface area contributed by atoms with E-state index in [9.17, 15) is 58.8 Å². The number of aromatic nitrogens is 4. The van der Waals surface area contributed by atoms with Gasteiger partial charge >= 0.3 is 23.9 Å². The minimum absolute atomic E-state index is 0.109. The Hall–Kier alpha value is -6.19. The van der Waals surface area contributed by atoms with Crippen molar-refractivity contribution >= 4 is 76.8 Å². The monoisotopic (exact) mass is 1040 g/mol. The van der Waals surface area contributed by atoms with Crippen LogP contribution in [0.25, 0.3) is 0 Å². The molecule has 2 aromatic heterocycles. The van der Waals surface area contributed by atoms with Crippen molar-refractivity contribution in [1.82, 2.24) is 41.2 Å². The fourth-order valence-electron chi connectivity index (χ4n) is 6.95. The number of rotatable bonds is 28. The number of amides is 4. The van der Waals surface area contributed by atoms with E-state index in [1.807, 2.05) is 0 Å². The van der Waals surface area contributed by atoms with Gasteiger partial charge in [0.25, 0.3) is 0 Å². The maximum Gasteiger partial charge on any atom is 0.322 e. The molecular weight excluding hydrogens is 973 g/mol. The average molecular weight is 1040 g/mol. The van der Waals surface area contributed by atoms with Crippen molar-refractivity contribution in [3.05, 3.63) is 36.2 Å². The highest BCUT2D eigenvalue weighted by Crippen LogP contribution is 2.48. The van der Waals surface area contributed by atoms with Crippen LogP contribution < -0.4 is 42.2 Å². The third kappa shape index (κ3) is 21.0. The van der Waals surface area contributed by atoms with E-state index in [0.717, 1.165) is 23.5 Å². The van der Waals surface area contributed by atoms with Gasteiger partial charge in [0.2, 0.25) is 35.4 Å². The number of nitrogens with one attached hydrogen (secondary N) is 4. The molecule has 1 aliphatic rings. The summed E-state index contributed by atoms with van der Waals surface area (Å²) >= 11 is 2.10. The van der Waals surface area contributed by atoms with Gasteiger partial charge in [-0.3, -0.25) is 53.1 Å². The molecule has 71 heavy (non-hydrogen) atoms. The molecule has 27 heteroatoms. The average Bonchev–Trinajstić information content (AvgIpc) is 3.27. The summed E-state index contributed by atoms with van der Waals surface area (Å²) in [4.78, 5) is 132. The summed E-state index contributed by atoms with van der Waals surface area (Å²) in [6.07, 6.45) is 5.27. The number of carbonyl (C=O) groups is 9. The Labute approximate surface area is 417 Å². The summed E-state index contributed by atoms with van der Waals surface area (Å²) in [5.41, 5.74) is 10.2. The lowest BCUT2D eigenvalue weighted by molar-refractivity contribution is -0.140. The van der Waals surface area contributed by atoms with Gasteiger partial charge < -0.3 is 62.6 Å². The minimum Gasteiger partial charge on any atom is -0.480 e. The lowest BCUT2D eigenvalue weighted by atomic mass is 9.76. The predicted molar refractivity (Wildman–Crippen MR) is 256 cm³/mol. The Kier molecular flexibility index (Phi) is 22.8. The number of Topliss-reactive ketones (excluding diaryl/α,β-unsaturated/α-hetero) is 1. The quantitative estimate of drug-likeness (QED) is 0.0558. The molecule has 8 unspecified atom stereocenters. The summed E-state index contributed by atoms with van der Waals surface area (Å²) in [5.74, 6) is -11.1. The zero-order chi connectivity index (χ0) is 53.2. The number of nitrogens with zero attached hydrogens (tertiary/aromatic N) is 4. The predicted octanol–water partition coefficient (Wildman–Crippen LogP) is 0.611. The van der Waals surface area contributed by atoms with Crippen molar-refractivity contribution in [2.75, 3.05) is 24.6 Å². The molecule has 392 valence electrons. The molecule has 1 saturated carbocycles. The second kappa shape index (κ2) is 27.4. The van der Waals surface area contributed by atoms with Gasteiger partial charge in [-0.05, 0) is 67.2 Å². The van der Waals surface area contributed by atoms with Crippen LogP contribution in [0.1, 0.15) is 108 Å². The molecule has 1 fully saturated rings. The Morgan fingerprint density at radius 2 is 1.01 bits per heavy atom. The number of ketones is 1. The van der Waals surface area contributed by atoms with Gasteiger partial charge in [0.1, 0.15) is 54.2 Å². The van der Waals surface area contributed by atoms with Gasteiger partial charge in [0.05, 0.1) is 34.3 Å². The molecule has 2 heterocycles. The molecule has 0 spiro atoms. The first-order valence-corrected chi connectivity index (χ1v) is 24.6. The molecule has 0 bridgehead atoms. The van der Waals surface area contributed by atoms with E-state index in [1.54, 1.807) is 41.5 Å². The van der Waals surface area contributed by atoms with E-state index >= 15 is 4.79 Å². The number of carboxylic acid groups (broad SMARTS) is 4. The van der Waals surface area contributed by atoms with Crippen LogP contribution in [0.2, 0.25) is 0 Å². The maximum atomic E-state index is 15.3. The van der Waals surface area contributed by atoms with Crippen molar-refractivity contribution in [3.8, 4) is 11.8 Å². The summed E-state index contributed by atoms with van der Waals surface area (Å²) in [6.45, 7) is 9.15. The third-order valence-corrected chi connectivity index (χ3v) is 13.1. The molecule has 1 aliphatic carbocycles. The number of thioether (sulfide) groups is 2. The number of nitrogens with two attached hydrogens (primary N) is 2. The smallest absolute Gasteiger partial charge is 0.322 e. The van der Waals surface area contributed by atoms with E-state index < -0.39 is 118 Å². The molecule has 0 aromatic carbocycles. The first kappa shape index (κ1) is 59.1. The minimum atomic E-state index is -1.41. The van der Waals surface area contributed by atoms with Crippen LogP contribution in [0.5, 0.6) is 11.8 Å². The van der Waals surface area contributed by atoms with Crippen LogP contribution in [0.3, 0.4) is 0 Å². The zero-order valence-corrected chi connectivity index (χ0v) is 41.9. The van der Waals surface area contributed by atoms with Gasteiger partial charge in [-0.25, -0.2) is 9.97 Å². The topological polar surface area (TPSA) is 405 Å². The summed E-state index contributed by atoms with van der Waals surface area (Å²) in [6, 6.07) is -5.56. The largest absolute Gasteiger partial charge is 0.480 e. The van der Waals surface area contributed by atoms with Crippen LogP contribution in [-0.4, -0.2) is 154 Å². The highest BCUT2D eigenvalue weighted by molar-refractivity contribution is 7.99. The van der Waals surface area contributed by atoms with Crippen molar-refractivity contribution in [1.29, 1.82) is 0 Å². The number of aliphatic carboxylic acids is 4. The number of hydrogen-bond donors (Lipinski definition) is 10. The second-order valence-corrected chi connectivity index (χ2v) is 20.8. The standard InChI is InChI=1S/C44H64N10O15S2/c1-43(2,3)68-32-16-47-14-26(53-32)37(70-20-28(39(62)49-18-34(57)58)51-30(55)12-10-24(45)41(64)65)22-8-7-9-23(36(22)61)38(27-15-48-17-33(54-27)69-44(4,5)6)71-21-29(40(63)50-19-35(59)60)52-31(56)13-11-25(46)42(66)67/h14-17,22-25,28-29,37-38H,7-13,18-21,45-46H2,1-6H3,(H,49,62)(H,50,63)(H,51,55)(H,52,56)(H,57,58)(H,59,60)(H,64,65)(H,66,67). The molecule has 0 aliphatic heterocycles. The van der Waals surface area contributed by atoms with Crippen LogP contribution in [0.15, 0.2) is 24.8 Å². The molecule has 25 nitrogen and oxygen atoms in total. The summed E-state index contributed by atoms with van der Waals surface area (Å²) in [7, 11) is 0. The van der Waals surface area contributed by atoms with Gasteiger partial charge in [0.15, 0.2) is 0 Å². The molecule has 2 aromatic rings. The molecule has 8 atom stereocenters. The van der Waals surface area contributed by atoms with E-state index in [2.05, 4.69) is 31.2 Å². The number of ether oxygens (including phenoxy) is 2. The summed E-state index contributed by atoms with van der Waals surface area (Å²) < 4.78 is 12.0. The second-order valence-electron chi connectivity index (χ2n) is 18.5. The lowest BCUT2D eigenvalue weighted by Crippen LogP contribution is -2.50. The van der Waals surface area contributed by atoms with Gasteiger partial charge in [-0.2, -0.15) is 0 Å². The van der Waals surface area contributed by atoms with Crippen molar-refractivity contribution in [2.24, 2.45) is 23.3 Å². The highest BCUT2D eigenvalue weighted by atomic mass is 32.2. The van der Waals surface area contributed by atoms with E-state index in [-0.39, 0.29) is 79.0 Å². The van der Waals surface area contributed by atoms with Crippen LogP contribution in [0, 0.1) is 11.8 Å². The Morgan fingerprint density at radius 3 is 1.34 bits per heavy atom. The Bertz CT molecular complexity index is 2080. The maximum absolute atomic E-state index is 15.3. The number of hydrogen-bond acceptors (Lipinski definition) is 19. The van der Waals surface area contributed by atoms with Crippen molar-refractivity contribution in [2.45, 2.75) is 132 Å². The summed E-state index contributed by atoms with van der Waals surface area (Å²) in [5, 5.41) is 44.8. The van der Waals surface area contributed by atoms with Crippen LogP contribution in [0.4, 0.5) is 0 Å². The highest BCUT2D eigenvalue weighted by Gasteiger charge is 2.44. The fourth-order valence-corrected chi connectivity index (χ4v) is 9.79. The normalized spacial score (nSPS) is 17.5. The fraction of sp³-hybridized carbons (Fsp3) is 0.614. The number of carboxylic acids is 4. The van der Waals surface area contributed by atoms with E-state index in [0.29, 0.717) is 6.42 Å². The Balaban J connectivity index is 2.14. The Morgan fingerprint density at radius 1 is 0.648 bits per heavy atom. The zero-order valence-electron chi connectivity index (χ0n) is 40.2. The van der Waals surface area contributed by atoms with Crippen LogP contribution >= 0.6 is 23.5 Å². The molecular formula is C44H64N10O15S2. The van der Waals surface area contributed by atoms with Crippen molar-refractivity contribution in [3.63, 3.8) is 0 Å². The molecule has 12 N–H and O–H groups in total. The van der Waals surface area contributed by atoms with Gasteiger partial charge in [-0.15, -0.1) is 23.5 Å². The SMILES string of the molecule is CC(C)(C)Oc1cncc(C(SCC(NC(=O)CCC(N)C(=O)O)C(=O)NCC(=O)O)C2CCCC(C(SCC(NC(=O)CCC(N)C(=O)O)C(=O)NCC(=O)O)c3cncc(OC(C)(C)C)n3)C2=O)n1. The molecule has 0 saturated heterocycles. The van der Waals surface area contributed by atoms with Gasteiger partial charge in [-0.1, -0.05) is 6.42 Å². The van der Waals surface area contributed by atoms with E-state index in [4.69, 9.17) is 30.9 Å². The number of carbonyl (C=O) groups excluding carboxylic acids is 5.